The second kappa shape index (κ2) is 7.56. The van der Waals surface area contributed by atoms with E-state index >= 15 is 0 Å². The van der Waals surface area contributed by atoms with E-state index in [0.717, 1.165) is 34.1 Å². The minimum absolute atomic E-state index is 0.283. The predicted molar refractivity (Wildman–Crippen MR) is 94.6 cm³/mol. The Bertz CT molecular complexity index is 608. The van der Waals surface area contributed by atoms with Crippen molar-refractivity contribution in [1.29, 1.82) is 0 Å². The summed E-state index contributed by atoms with van der Waals surface area (Å²) in [5.74, 6) is 0. The van der Waals surface area contributed by atoms with Gasteiger partial charge in [-0.15, -0.1) is 0 Å². The fraction of sp³-hybridized carbons (Fsp3) is 0.438. The molecular weight excluding hydrogens is 394 g/mol. The van der Waals surface area contributed by atoms with Gasteiger partial charge in [-0.25, -0.2) is 0 Å². The summed E-state index contributed by atoms with van der Waals surface area (Å²) in [6.07, 6.45) is 0.916. The Kier molecular flexibility index (Phi) is 6.02. The highest BCUT2D eigenvalue weighted by Gasteiger charge is 2.18. The van der Waals surface area contributed by atoms with Crippen molar-refractivity contribution >= 4 is 31.9 Å². The number of rotatable bonds is 6. The highest BCUT2D eigenvalue weighted by atomic mass is 79.9. The van der Waals surface area contributed by atoms with Gasteiger partial charge in [-0.2, -0.15) is 5.10 Å². The molecule has 0 saturated carbocycles. The number of hydrogen-bond donors (Lipinski definition) is 1. The van der Waals surface area contributed by atoms with Gasteiger partial charge in [0, 0.05) is 23.5 Å². The first kappa shape index (κ1) is 16.7. The standard InChI is InChI=1S/C16H21Br2N3/c1-4-19-14(12-7-6-8-13(17)9-12)10-15-16(18)11(3)20-21(15)5-2/h6-9,14,19H,4-5,10H2,1-3H3. The molecule has 0 bridgehead atoms. The average Bonchev–Trinajstić information content (AvgIpc) is 2.74. The lowest BCUT2D eigenvalue weighted by molar-refractivity contribution is 0.515. The first-order chi connectivity index (χ1) is 10.1. The lowest BCUT2D eigenvalue weighted by Gasteiger charge is -2.19. The van der Waals surface area contributed by atoms with Gasteiger partial charge in [0.05, 0.1) is 15.9 Å². The molecule has 21 heavy (non-hydrogen) atoms. The third-order valence-corrected chi connectivity index (χ3v) is 5.08. The molecule has 2 aromatic rings. The summed E-state index contributed by atoms with van der Waals surface area (Å²) in [4.78, 5) is 0. The van der Waals surface area contributed by atoms with E-state index in [-0.39, 0.29) is 6.04 Å². The summed E-state index contributed by atoms with van der Waals surface area (Å²) in [7, 11) is 0. The number of halogens is 2. The zero-order valence-corrected chi connectivity index (χ0v) is 15.8. The molecule has 1 N–H and O–H groups in total. The summed E-state index contributed by atoms with van der Waals surface area (Å²) >= 11 is 7.25. The van der Waals surface area contributed by atoms with Crippen molar-refractivity contribution in [2.75, 3.05) is 6.54 Å². The number of aromatic nitrogens is 2. The Labute approximate surface area is 143 Å². The van der Waals surface area contributed by atoms with Crippen molar-refractivity contribution < 1.29 is 0 Å². The molecule has 1 aromatic heterocycles. The SMILES string of the molecule is CCNC(Cc1c(Br)c(C)nn1CC)c1cccc(Br)c1. The zero-order valence-electron chi connectivity index (χ0n) is 12.7. The van der Waals surface area contributed by atoms with Crippen LogP contribution in [0.25, 0.3) is 0 Å². The number of aryl methyl sites for hydroxylation is 2. The van der Waals surface area contributed by atoms with Crippen molar-refractivity contribution in [3.63, 3.8) is 0 Å². The van der Waals surface area contributed by atoms with Crippen LogP contribution in [0.15, 0.2) is 33.2 Å². The molecule has 2 rings (SSSR count). The van der Waals surface area contributed by atoms with Gasteiger partial charge in [0.1, 0.15) is 0 Å². The summed E-state index contributed by atoms with van der Waals surface area (Å²) in [6.45, 7) is 8.14. The van der Waals surface area contributed by atoms with Crippen molar-refractivity contribution in [1.82, 2.24) is 15.1 Å². The third-order valence-electron chi connectivity index (χ3n) is 3.55. The van der Waals surface area contributed by atoms with Crippen LogP contribution in [0.2, 0.25) is 0 Å². The molecule has 1 unspecified atom stereocenters. The van der Waals surface area contributed by atoms with Crippen molar-refractivity contribution in [3.8, 4) is 0 Å². The Hall–Kier alpha value is -0.650. The highest BCUT2D eigenvalue weighted by molar-refractivity contribution is 9.10. The fourth-order valence-corrected chi connectivity index (χ4v) is 3.40. The summed E-state index contributed by atoms with van der Waals surface area (Å²) < 4.78 is 4.33. The maximum Gasteiger partial charge on any atom is 0.0738 e. The zero-order chi connectivity index (χ0) is 15.4. The molecular formula is C16H21Br2N3. The van der Waals surface area contributed by atoms with Crippen LogP contribution >= 0.6 is 31.9 Å². The molecule has 114 valence electrons. The molecule has 1 atom stereocenters. The van der Waals surface area contributed by atoms with Crippen LogP contribution < -0.4 is 5.32 Å². The second-order valence-corrected chi connectivity index (χ2v) is 6.74. The van der Waals surface area contributed by atoms with Crippen LogP contribution in [0.4, 0.5) is 0 Å². The van der Waals surface area contributed by atoms with Crippen LogP contribution in [-0.4, -0.2) is 16.3 Å². The van der Waals surface area contributed by atoms with E-state index < -0.39 is 0 Å². The molecule has 5 heteroatoms. The number of nitrogens with zero attached hydrogens (tertiary/aromatic N) is 2. The number of nitrogens with one attached hydrogen (secondary N) is 1. The minimum Gasteiger partial charge on any atom is -0.310 e. The van der Waals surface area contributed by atoms with Crippen molar-refractivity contribution in [3.05, 3.63) is 50.2 Å². The molecule has 0 fully saturated rings. The topological polar surface area (TPSA) is 29.9 Å². The fourth-order valence-electron chi connectivity index (χ4n) is 2.53. The Morgan fingerprint density at radius 2 is 2.05 bits per heavy atom. The van der Waals surface area contributed by atoms with Gasteiger partial charge >= 0.3 is 0 Å². The first-order valence-corrected chi connectivity index (χ1v) is 8.86. The summed E-state index contributed by atoms with van der Waals surface area (Å²) in [6, 6.07) is 8.78. The molecule has 1 aromatic carbocycles. The van der Waals surface area contributed by atoms with E-state index in [4.69, 9.17) is 0 Å². The largest absolute Gasteiger partial charge is 0.310 e. The lowest BCUT2D eigenvalue weighted by Crippen LogP contribution is -2.24. The molecule has 0 aliphatic rings. The van der Waals surface area contributed by atoms with Gasteiger partial charge in [-0.1, -0.05) is 35.0 Å². The molecule has 0 saturated heterocycles. The second-order valence-electron chi connectivity index (χ2n) is 5.03. The minimum atomic E-state index is 0.283. The van der Waals surface area contributed by atoms with Crippen LogP contribution in [0, 0.1) is 6.92 Å². The van der Waals surface area contributed by atoms with Gasteiger partial charge in [0.15, 0.2) is 0 Å². The van der Waals surface area contributed by atoms with Crippen molar-refractivity contribution in [2.24, 2.45) is 0 Å². The van der Waals surface area contributed by atoms with Gasteiger partial charge in [0.25, 0.3) is 0 Å². The quantitative estimate of drug-likeness (QED) is 0.746. The molecule has 0 aliphatic heterocycles. The van der Waals surface area contributed by atoms with Gasteiger partial charge in [-0.3, -0.25) is 4.68 Å². The van der Waals surface area contributed by atoms with E-state index in [0.29, 0.717) is 0 Å². The van der Waals surface area contributed by atoms with Crippen molar-refractivity contribution in [2.45, 2.75) is 39.8 Å². The highest BCUT2D eigenvalue weighted by Crippen LogP contribution is 2.27. The molecule has 3 nitrogen and oxygen atoms in total. The van der Waals surface area contributed by atoms with E-state index in [1.54, 1.807) is 0 Å². The molecule has 0 radical (unpaired) electrons. The van der Waals surface area contributed by atoms with Gasteiger partial charge < -0.3 is 5.32 Å². The van der Waals surface area contributed by atoms with Crippen LogP contribution in [0.1, 0.15) is 36.8 Å². The van der Waals surface area contributed by atoms with Crippen LogP contribution in [-0.2, 0) is 13.0 Å². The van der Waals surface area contributed by atoms with Gasteiger partial charge in [0.2, 0.25) is 0 Å². The van der Waals surface area contributed by atoms with Gasteiger partial charge in [-0.05, 0) is 54.0 Å². The van der Waals surface area contributed by atoms with Crippen LogP contribution in [0.3, 0.4) is 0 Å². The molecule has 0 spiro atoms. The van der Waals surface area contributed by atoms with E-state index in [1.807, 2.05) is 6.92 Å². The molecule has 1 heterocycles. The lowest BCUT2D eigenvalue weighted by atomic mass is 10.0. The first-order valence-electron chi connectivity index (χ1n) is 7.27. The monoisotopic (exact) mass is 413 g/mol. The average molecular weight is 415 g/mol. The van der Waals surface area contributed by atoms with E-state index in [9.17, 15) is 0 Å². The maximum absolute atomic E-state index is 4.59. The summed E-state index contributed by atoms with van der Waals surface area (Å²) in [5.41, 5.74) is 3.59. The molecule has 0 amide bonds. The smallest absolute Gasteiger partial charge is 0.0738 e. The summed E-state index contributed by atoms with van der Waals surface area (Å²) in [5, 5.41) is 8.17. The van der Waals surface area contributed by atoms with Crippen LogP contribution in [0.5, 0.6) is 0 Å². The predicted octanol–water partition coefficient (Wildman–Crippen LogP) is 4.63. The van der Waals surface area contributed by atoms with E-state index in [1.165, 1.54) is 11.3 Å². The Balaban J connectivity index is 2.32. The number of hydrogen-bond acceptors (Lipinski definition) is 2. The van der Waals surface area contributed by atoms with E-state index in [2.05, 4.69) is 85.1 Å². The Morgan fingerprint density at radius 3 is 2.67 bits per heavy atom. The molecule has 0 aliphatic carbocycles. The third kappa shape index (κ3) is 3.96. The number of likely N-dealkylation sites (N-methyl/N-ethyl adjacent to an activating group) is 1. The Morgan fingerprint density at radius 1 is 1.29 bits per heavy atom. The number of benzene rings is 1. The maximum atomic E-state index is 4.59. The normalized spacial score (nSPS) is 12.6.